The number of para-hydroxylation sites is 2. The molecular formula is C26H33Cl2N3O3S. The van der Waals surface area contributed by atoms with Crippen molar-refractivity contribution in [3.05, 3.63) is 63.0 Å². The molecule has 3 rings (SSSR count). The van der Waals surface area contributed by atoms with Crippen LogP contribution in [0.2, 0.25) is 10.0 Å². The highest BCUT2D eigenvalue weighted by atomic mass is 35.5. The number of nitrogens with zero attached hydrogens (tertiary/aromatic N) is 2. The van der Waals surface area contributed by atoms with Gasteiger partial charge in [-0.25, -0.2) is 0 Å². The minimum absolute atomic E-state index is 0.0755. The Morgan fingerprint density at radius 3 is 2.51 bits per heavy atom. The summed E-state index contributed by atoms with van der Waals surface area (Å²) in [4.78, 5) is 25.9. The number of carbonyl (C=O) groups excluding carboxylic acids is 1. The summed E-state index contributed by atoms with van der Waals surface area (Å²) in [5, 5.41) is 4.26. The van der Waals surface area contributed by atoms with Crippen molar-refractivity contribution >= 4 is 52.5 Å². The number of nitroso groups, excluding NO2 is 1. The highest BCUT2D eigenvalue weighted by molar-refractivity contribution is 7.99. The number of hydrogen-bond donors (Lipinski definition) is 1. The van der Waals surface area contributed by atoms with Crippen molar-refractivity contribution in [1.82, 2.24) is 4.90 Å². The van der Waals surface area contributed by atoms with E-state index in [4.69, 9.17) is 27.9 Å². The van der Waals surface area contributed by atoms with Crippen molar-refractivity contribution in [3.63, 3.8) is 0 Å². The molecule has 190 valence electrons. The van der Waals surface area contributed by atoms with Gasteiger partial charge in [-0.15, -0.1) is 4.91 Å². The lowest BCUT2D eigenvalue weighted by molar-refractivity contribution is -0.143. The van der Waals surface area contributed by atoms with Gasteiger partial charge in [-0.1, -0.05) is 73.7 Å². The maximum atomic E-state index is 12.6. The third-order valence-electron chi connectivity index (χ3n) is 6.41. The smallest absolute Gasteiger partial charge is 0.310 e. The van der Waals surface area contributed by atoms with Crippen molar-refractivity contribution in [2.24, 2.45) is 4.58 Å². The number of rotatable bonds is 13. The van der Waals surface area contributed by atoms with Crippen LogP contribution in [0.25, 0.3) is 0 Å². The molecule has 35 heavy (non-hydrogen) atoms. The topological polar surface area (TPSA) is 71.0 Å². The van der Waals surface area contributed by atoms with E-state index in [1.807, 2.05) is 24.3 Å². The normalized spacial score (nSPS) is 15.1. The average Bonchev–Trinajstić information content (AvgIpc) is 2.85. The van der Waals surface area contributed by atoms with Crippen LogP contribution in [0.3, 0.4) is 0 Å². The van der Waals surface area contributed by atoms with Crippen molar-refractivity contribution in [2.45, 2.75) is 56.6 Å². The maximum absolute atomic E-state index is 12.6. The van der Waals surface area contributed by atoms with E-state index >= 15 is 0 Å². The summed E-state index contributed by atoms with van der Waals surface area (Å²) in [7, 11) is 0. The fraction of sp³-hybridized carbons (Fsp3) is 0.500. The third-order valence-corrected chi connectivity index (χ3v) is 8.04. The first kappa shape index (κ1) is 27.8. The number of ether oxygens (including phenoxy) is 1. The summed E-state index contributed by atoms with van der Waals surface area (Å²) >= 11 is 13.8. The molecule has 0 aliphatic heterocycles. The van der Waals surface area contributed by atoms with Gasteiger partial charge in [-0.3, -0.25) is 4.79 Å². The monoisotopic (exact) mass is 537 g/mol. The summed E-state index contributed by atoms with van der Waals surface area (Å²) in [5.41, 5.74) is 2.17. The van der Waals surface area contributed by atoms with Crippen molar-refractivity contribution in [3.8, 4) is 0 Å². The van der Waals surface area contributed by atoms with E-state index in [2.05, 4.69) is 21.7 Å². The first-order valence-electron chi connectivity index (χ1n) is 12.1. The van der Waals surface area contributed by atoms with Crippen LogP contribution in [-0.2, 0) is 16.0 Å². The molecule has 0 heterocycles. The highest BCUT2D eigenvalue weighted by Crippen LogP contribution is 2.41. The van der Waals surface area contributed by atoms with Crippen LogP contribution < -0.4 is 5.32 Å². The lowest BCUT2D eigenvalue weighted by Crippen LogP contribution is -2.42. The Morgan fingerprint density at radius 1 is 1.11 bits per heavy atom. The third kappa shape index (κ3) is 8.38. The van der Waals surface area contributed by atoms with E-state index in [-0.39, 0.29) is 17.1 Å². The van der Waals surface area contributed by atoms with Crippen LogP contribution in [0.1, 0.15) is 51.0 Å². The van der Waals surface area contributed by atoms with Gasteiger partial charge in [0.1, 0.15) is 0 Å². The number of esters is 1. The lowest BCUT2D eigenvalue weighted by atomic mass is 9.88. The molecule has 0 bridgehead atoms. The molecule has 1 N–H and O–H groups in total. The zero-order chi connectivity index (χ0) is 25.1. The number of benzene rings is 2. The van der Waals surface area contributed by atoms with E-state index in [0.29, 0.717) is 22.3 Å². The van der Waals surface area contributed by atoms with Crippen LogP contribution in [0.5, 0.6) is 0 Å². The van der Waals surface area contributed by atoms with Crippen LogP contribution in [-0.4, -0.2) is 41.9 Å². The Morgan fingerprint density at radius 2 is 1.83 bits per heavy atom. The van der Waals surface area contributed by atoms with Gasteiger partial charge >= 0.3 is 5.97 Å². The molecule has 0 unspecified atom stereocenters. The molecule has 0 saturated heterocycles. The number of hydrogen-bond acceptors (Lipinski definition) is 7. The van der Waals surface area contributed by atoms with Gasteiger partial charge in [0, 0.05) is 35.3 Å². The van der Waals surface area contributed by atoms with Gasteiger partial charge in [-0.05, 0) is 49.6 Å². The van der Waals surface area contributed by atoms with E-state index in [1.54, 1.807) is 18.2 Å². The first-order chi connectivity index (χ1) is 17.0. The van der Waals surface area contributed by atoms with Gasteiger partial charge in [-0.2, -0.15) is 0 Å². The Bertz CT molecular complexity index is 966. The molecule has 6 nitrogen and oxygen atoms in total. The van der Waals surface area contributed by atoms with Gasteiger partial charge in [0.25, 0.3) is 0 Å². The van der Waals surface area contributed by atoms with Gasteiger partial charge < -0.3 is 15.0 Å². The Balaban J connectivity index is 1.49. The van der Waals surface area contributed by atoms with Crippen molar-refractivity contribution < 1.29 is 9.53 Å². The lowest BCUT2D eigenvalue weighted by Gasteiger charge is -2.38. The minimum Gasteiger partial charge on any atom is -0.465 e. The number of carbonyl (C=O) groups is 1. The molecule has 1 saturated carbocycles. The van der Waals surface area contributed by atoms with E-state index in [0.717, 1.165) is 63.0 Å². The largest absolute Gasteiger partial charge is 0.465 e. The van der Waals surface area contributed by atoms with Crippen molar-refractivity contribution in [1.29, 1.82) is 0 Å². The quantitative estimate of drug-likeness (QED) is 0.122. The van der Waals surface area contributed by atoms with Gasteiger partial charge in [0.15, 0.2) is 0 Å². The molecule has 0 aromatic heterocycles. The molecule has 0 amide bonds. The number of anilines is 2. The zero-order valence-electron chi connectivity index (χ0n) is 20.1. The predicted octanol–water partition coefficient (Wildman–Crippen LogP) is 7.65. The van der Waals surface area contributed by atoms with Crippen LogP contribution >= 0.6 is 35.1 Å². The molecule has 2 aromatic rings. The minimum atomic E-state index is -0.281. The van der Waals surface area contributed by atoms with E-state index < -0.39 is 0 Å². The summed E-state index contributed by atoms with van der Waals surface area (Å²) in [6.45, 7) is 5.02. The molecule has 1 aliphatic carbocycles. The van der Waals surface area contributed by atoms with Crippen molar-refractivity contribution in [2.75, 3.05) is 31.6 Å². The predicted molar refractivity (Wildman–Crippen MR) is 147 cm³/mol. The Labute approximate surface area is 222 Å². The fourth-order valence-electron chi connectivity index (χ4n) is 4.54. The molecule has 9 heteroatoms. The van der Waals surface area contributed by atoms with E-state index in [9.17, 15) is 9.70 Å². The standard InChI is InChI=1S/C26H33Cl2N3O3S/c1-2-31(19-26(35-30-33)14-6-3-7-15-26)16-9-17-34-24(32)18-20-10-4-5-13-23(20)29-25-21(27)11-8-12-22(25)28/h4-5,8,10-13,29H,2-3,6-7,9,14-19H2,1H3. The second-order valence-electron chi connectivity index (χ2n) is 8.91. The van der Waals surface area contributed by atoms with Crippen LogP contribution in [0, 0.1) is 4.91 Å². The Hall–Kier alpha value is -1.80. The Kier molecular flexibility index (Phi) is 11.2. The molecular weight excluding hydrogens is 505 g/mol. The highest BCUT2D eigenvalue weighted by Gasteiger charge is 2.35. The molecule has 2 aromatic carbocycles. The second-order valence-corrected chi connectivity index (χ2v) is 10.9. The first-order valence-corrected chi connectivity index (χ1v) is 13.7. The zero-order valence-corrected chi connectivity index (χ0v) is 22.4. The van der Waals surface area contributed by atoms with Crippen LogP contribution in [0.4, 0.5) is 11.4 Å². The number of halogens is 2. The van der Waals surface area contributed by atoms with E-state index in [1.165, 1.54) is 18.4 Å². The molecule has 1 fully saturated rings. The molecule has 0 radical (unpaired) electrons. The summed E-state index contributed by atoms with van der Waals surface area (Å²) in [5.74, 6) is -0.281. The summed E-state index contributed by atoms with van der Waals surface area (Å²) in [6.07, 6.45) is 6.47. The molecule has 0 atom stereocenters. The molecule has 0 spiro atoms. The average molecular weight is 539 g/mol. The summed E-state index contributed by atoms with van der Waals surface area (Å²) < 4.78 is 8.63. The fourth-order valence-corrected chi connectivity index (χ4v) is 5.90. The molecule has 1 aliphatic rings. The van der Waals surface area contributed by atoms with Gasteiger partial charge in [0.05, 0.1) is 33.5 Å². The summed E-state index contributed by atoms with van der Waals surface area (Å²) in [6, 6.07) is 12.8. The van der Waals surface area contributed by atoms with Gasteiger partial charge in [0.2, 0.25) is 0 Å². The van der Waals surface area contributed by atoms with Crippen LogP contribution in [0.15, 0.2) is 47.0 Å². The SMILES string of the molecule is CCN(CCCOC(=O)Cc1ccccc1Nc1c(Cl)cccc1Cl)CC1(SN=O)CCCCC1. The number of nitrogens with one attached hydrogen (secondary N) is 1. The maximum Gasteiger partial charge on any atom is 0.310 e. The second kappa shape index (κ2) is 14.1.